The van der Waals surface area contributed by atoms with Gasteiger partial charge in [0, 0.05) is 11.1 Å². The number of sulfone groups is 1. The second-order valence-corrected chi connectivity index (χ2v) is 9.26. The Bertz CT molecular complexity index is 1230. The van der Waals surface area contributed by atoms with E-state index in [1.807, 2.05) is 32.0 Å². The maximum absolute atomic E-state index is 12.9. The van der Waals surface area contributed by atoms with Gasteiger partial charge in [-0.2, -0.15) is 5.10 Å². The maximum atomic E-state index is 12.9. The summed E-state index contributed by atoms with van der Waals surface area (Å²) in [5.41, 5.74) is 4.31. The fourth-order valence-corrected chi connectivity index (χ4v) is 5.03. The topological polar surface area (TPSA) is 90.3 Å². The third-order valence-electron chi connectivity index (χ3n) is 4.93. The number of aryl methyl sites for hydroxylation is 2. The van der Waals surface area contributed by atoms with Gasteiger partial charge in [0.2, 0.25) is 0 Å². The minimum absolute atomic E-state index is 0.123. The first-order valence-electron chi connectivity index (χ1n) is 9.11. The predicted molar refractivity (Wildman–Crippen MR) is 110 cm³/mol. The van der Waals surface area contributed by atoms with E-state index in [9.17, 15) is 13.2 Å². The highest BCUT2D eigenvalue weighted by Crippen LogP contribution is 2.34. The van der Waals surface area contributed by atoms with E-state index in [1.54, 1.807) is 28.9 Å². The smallest absolute Gasteiger partial charge is 0.256 e. The summed E-state index contributed by atoms with van der Waals surface area (Å²) in [4.78, 5) is 12.9. The van der Waals surface area contributed by atoms with Crippen molar-refractivity contribution >= 4 is 21.6 Å². The van der Waals surface area contributed by atoms with Gasteiger partial charge in [-0.1, -0.05) is 23.8 Å². The molecule has 0 atom stereocenters. The van der Waals surface area contributed by atoms with Crippen molar-refractivity contribution in [2.45, 2.75) is 25.4 Å². The zero-order valence-electron chi connectivity index (χ0n) is 16.4. The van der Waals surface area contributed by atoms with Crippen LogP contribution in [0.15, 0.2) is 42.5 Å². The van der Waals surface area contributed by atoms with Crippen LogP contribution in [0.25, 0.3) is 5.69 Å². The molecule has 0 radical (unpaired) electrons. The van der Waals surface area contributed by atoms with Crippen LogP contribution in [0, 0.1) is 13.8 Å². The molecule has 0 spiro atoms. The lowest BCUT2D eigenvalue weighted by Crippen LogP contribution is -2.17. The SMILES string of the molecule is COc1cccc(C(=O)Nc2c3c(nn2-c2ccc(C)cc2C)CS(=O)(=O)C3)c1. The van der Waals surface area contributed by atoms with E-state index >= 15 is 0 Å². The normalized spacial score (nSPS) is 14.4. The molecule has 0 aliphatic carbocycles. The first-order chi connectivity index (χ1) is 13.8. The first kappa shape index (κ1) is 19.2. The summed E-state index contributed by atoms with van der Waals surface area (Å²) in [7, 11) is -1.73. The average Bonchev–Trinajstić information content (AvgIpc) is 3.14. The molecule has 7 nitrogen and oxygen atoms in total. The Morgan fingerprint density at radius 2 is 1.93 bits per heavy atom. The van der Waals surface area contributed by atoms with E-state index in [-0.39, 0.29) is 17.4 Å². The van der Waals surface area contributed by atoms with Gasteiger partial charge >= 0.3 is 0 Å². The van der Waals surface area contributed by atoms with Crippen LogP contribution in [0.1, 0.15) is 32.7 Å². The molecule has 29 heavy (non-hydrogen) atoms. The van der Waals surface area contributed by atoms with Gasteiger partial charge in [0.1, 0.15) is 11.6 Å². The second kappa shape index (κ2) is 7.04. The summed E-state index contributed by atoms with van der Waals surface area (Å²) in [6.07, 6.45) is 0. The molecule has 1 aliphatic heterocycles. The van der Waals surface area contributed by atoms with Crippen LogP contribution < -0.4 is 10.1 Å². The summed E-state index contributed by atoms with van der Waals surface area (Å²) < 4.78 is 31.1. The van der Waals surface area contributed by atoms with Gasteiger partial charge in [0.05, 0.1) is 30.0 Å². The summed E-state index contributed by atoms with van der Waals surface area (Å²) in [6, 6.07) is 12.7. The molecule has 0 saturated carbocycles. The largest absolute Gasteiger partial charge is 0.497 e. The van der Waals surface area contributed by atoms with Crippen LogP contribution in [0.2, 0.25) is 0 Å². The Morgan fingerprint density at radius 1 is 1.14 bits per heavy atom. The minimum atomic E-state index is -3.26. The molecule has 0 unspecified atom stereocenters. The molecule has 0 saturated heterocycles. The molecular weight excluding hydrogens is 390 g/mol. The Kier molecular flexibility index (Phi) is 4.66. The predicted octanol–water partition coefficient (Wildman–Crippen LogP) is 3.18. The number of nitrogens with one attached hydrogen (secondary N) is 1. The number of methoxy groups -OCH3 is 1. The van der Waals surface area contributed by atoms with Crippen molar-refractivity contribution < 1.29 is 17.9 Å². The molecule has 1 N–H and O–H groups in total. The van der Waals surface area contributed by atoms with E-state index in [0.29, 0.717) is 28.4 Å². The van der Waals surface area contributed by atoms with Crippen molar-refractivity contribution in [3.05, 3.63) is 70.4 Å². The Labute approximate surface area is 169 Å². The van der Waals surface area contributed by atoms with Gasteiger partial charge in [-0.25, -0.2) is 13.1 Å². The zero-order valence-corrected chi connectivity index (χ0v) is 17.2. The number of nitrogens with zero attached hydrogens (tertiary/aromatic N) is 2. The van der Waals surface area contributed by atoms with E-state index in [2.05, 4.69) is 10.4 Å². The molecule has 1 aromatic heterocycles. The summed E-state index contributed by atoms with van der Waals surface area (Å²) in [5, 5.41) is 7.40. The molecule has 1 amide bonds. The lowest BCUT2D eigenvalue weighted by molar-refractivity contribution is 0.102. The number of ether oxygens (including phenoxy) is 1. The van der Waals surface area contributed by atoms with Crippen LogP contribution in [-0.4, -0.2) is 31.2 Å². The van der Waals surface area contributed by atoms with Crippen molar-refractivity contribution in [3.8, 4) is 11.4 Å². The third-order valence-corrected chi connectivity index (χ3v) is 6.37. The lowest BCUT2D eigenvalue weighted by atomic mass is 10.1. The van der Waals surface area contributed by atoms with Gasteiger partial charge in [-0.3, -0.25) is 4.79 Å². The van der Waals surface area contributed by atoms with Crippen molar-refractivity contribution in [1.82, 2.24) is 9.78 Å². The van der Waals surface area contributed by atoms with Crippen molar-refractivity contribution in [2.24, 2.45) is 0 Å². The minimum Gasteiger partial charge on any atom is -0.497 e. The van der Waals surface area contributed by atoms with Crippen molar-refractivity contribution in [3.63, 3.8) is 0 Å². The maximum Gasteiger partial charge on any atom is 0.256 e. The highest BCUT2D eigenvalue weighted by Gasteiger charge is 2.33. The molecule has 4 rings (SSSR count). The summed E-state index contributed by atoms with van der Waals surface area (Å²) >= 11 is 0. The molecule has 0 bridgehead atoms. The fourth-order valence-electron chi connectivity index (χ4n) is 3.53. The number of hydrogen-bond donors (Lipinski definition) is 1. The standard InChI is InChI=1S/C21H21N3O4S/c1-13-7-8-19(14(2)9-13)24-20(17-11-29(26,27)12-18(17)23-24)22-21(25)15-5-4-6-16(10-15)28-3/h4-10H,11-12H2,1-3H3,(H,22,25). The first-order valence-corrected chi connectivity index (χ1v) is 10.9. The number of fused-ring (bicyclic) bond motifs is 1. The molecule has 8 heteroatoms. The van der Waals surface area contributed by atoms with Crippen LogP contribution in [0.4, 0.5) is 5.82 Å². The summed E-state index contributed by atoms with van der Waals surface area (Å²) in [6.45, 7) is 3.96. The third kappa shape index (κ3) is 3.63. The lowest BCUT2D eigenvalue weighted by Gasteiger charge is -2.14. The van der Waals surface area contributed by atoms with E-state index in [0.717, 1.165) is 16.8 Å². The van der Waals surface area contributed by atoms with Gasteiger partial charge in [0.25, 0.3) is 5.91 Å². The van der Waals surface area contributed by atoms with Crippen LogP contribution in [0.5, 0.6) is 5.75 Å². The molecule has 1 aliphatic rings. The number of benzene rings is 2. The van der Waals surface area contributed by atoms with Gasteiger partial charge in [0.15, 0.2) is 9.84 Å². The highest BCUT2D eigenvalue weighted by atomic mass is 32.2. The number of anilines is 1. The van der Waals surface area contributed by atoms with E-state index in [1.165, 1.54) is 7.11 Å². The zero-order chi connectivity index (χ0) is 20.8. The molecule has 2 aromatic carbocycles. The summed E-state index contributed by atoms with van der Waals surface area (Å²) in [5.74, 6) is 0.333. The monoisotopic (exact) mass is 411 g/mol. The number of rotatable bonds is 4. The molecule has 2 heterocycles. The van der Waals surface area contributed by atoms with E-state index in [4.69, 9.17) is 4.74 Å². The fraction of sp³-hybridized carbons (Fsp3) is 0.238. The number of carbonyl (C=O) groups excluding carboxylic acids is 1. The highest BCUT2D eigenvalue weighted by molar-refractivity contribution is 7.90. The number of amides is 1. The Hall–Kier alpha value is -3.13. The van der Waals surface area contributed by atoms with Gasteiger partial charge in [-0.05, 0) is 43.7 Å². The number of hydrogen-bond acceptors (Lipinski definition) is 5. The molecular formula is C21H21N3O4S. The van der Waals surface area contributed by atoms with Crippen LogP contribution in [-0.2, 0) is 21.3 Å². The molecule has 3 aromatic rings. The number of carbonyl (C=O) groups is 1. The second-order valence-electron chi connectivity index (χ2n) is 7.19. The van der Waals surface area contributed by atoms with Crippen LogP contribution >= 0.6 is 0 Å². The Balaban J connectivity index is 1.80. The van der Waals surface area contributed by atoms with Crippen LogP contribution in [0.3, 0.4) is 0 Å². The quantitative estimate of drug-likeness (QED) is 0.712. The van der Waals surface area contributed by atoms with Gasteiger partial charge < -0.3 is 10.1 Å². The molecule has 0 fully saturated rings. The Morgan fingerprint density at radius 3 is 2.66 bits per heavy atom. The van der Waals surface area contributed by atoms with Gasteiger partial charge in [-0.15, -0.1) is 0 Å². The average molecular weight is 411 g/mol. The number of aromatic nitrogens is 2. The molecule has 150 valence electrons. The van der Waals surface area contributed by atoms with Crippen molar-refractivity contribution in [1.29, 1.82) is 0 Å². The van der Waals surface area contributed by atoms with E-state index < -0.39 is 9.84 Å². The van der Waals surface area contributed by atoms with Crippen molar-refractivity contribution in [2.75, 3.05) is 12.4 Å².